The van der Waals surface area contributed by atoms with Crippen LogP contribution >= 0.6 is 0 Å². The van der Waals surface area contributed by atoms with Crippen LogP contribution in [0.25, 0.3) is 5.76 Å². The van der Waals surface area contributed by atoms with Crippen LogP contribution in [0, 0.1) is 10.1 Å². The Morgan fingerprint density at radius 2 is 1.74 bits per heavy atom. The van der Waals surface area contributed by atoms with E-state index in [-0.39, 0.29) is 28.3 Å². The molecule has 0 radical (unpaired) electrons. The van der Waals surface area contributed by atoms with Gasteiger partial charge in [-0.05, 0) is 49.1 Å². The van der Waals surface area contributed by atoms with Gasteiger partial charge in [-0.2, -0.15) is 4.31 Å². The van der Waals surface area contributed by atoms with Gasteiger partial charge in [0.15, 0.2) is 0 Å². The normalized spacial score (nSPS) is 20.2. The van der Waals surface area contributed by atoms with Crippen LogP contribution < -0.4 is 0 Å². The number of ketones is 1. The van der Waals surface area contributed by atoms with Gasteiger partial charge in [-0.25, -0.2) is 8.42 Å². The molecule has 208 valence electrons. The predicted molar refractivity (Wildman–Crippen MR) is 142 cm³/mol. The van der Waals surface area contributed by atoms with Gasteiger partial charge in [0.2, 0.25) is 10.0 Å². The number of methoxy groups -OCH3 is 1. The smallest absolute Gasteiger partial charge is 0.295 e. The molecule has 2 fully saturated rings. The van der Waals surface area contributed by atoms with Crippen molar-refractivity contribution < 1.29 is 32.8 Å². The van der Waals surface area contributed by atoms with Crippen molar-refractivity contribution in [3.63, 3.8) is 0 Å². The van der Waals surface area contributed by atoms with Crippen LogP contribution in [0.4, 0.5) is 5.69 Å². The standard InChI is InChI=1S/C27H31N3O8S/c1-38-17-7-16-29-24(20-8-6-9-21(18-20)30(34)35)23(26(32)27(29)33)25(31)19-10-12-22(13-11-19)39(36,37)28-14-4-2-3-5-15-28/h6,8-13,18,24,31H,2-5,7,14-17H2,1H3. The number of carbonyl (C=O) groups is 2. The van der Waals surface area contributed by atoms with Gasteiger partial charge in [0.05, 0.1) is 21.4 Å². The number of aliphatic hydroxyl groups is 1. The number of nitro groups is 1. The number of nitrogens with zero attached hydrogens (tertiary/aromatic N) is 3. The van der Waals surface area contributed by atoms with E-state index < -0.39 is 38.4 Å². The van der Waals surface area contributed by atoms with Crippen molar-refractivity contribution in [2.75, 3.05) is 33.4 Å². The summed E-state index contributed by atoms with van der Waals surface area (Å²) in [7, 11) is -2.22. The molecule has 4 rings (SSSR count). The first-order valence-corrected chi connectivity index (χ1v) is 14.2. The van der Waals surface area contributed by atoms with E-state index in [9.17, 15) is 33.2 Å². The molecule has 1 N–H and O–H groups in total. The molecule has 2 aromatic rings. The van der Waals surface area contributed by atoms with Crippen molar-refractivity contribution in [2.45, 2.75) is 43.0 Å². The Hall–Kier alpha value is -3.61. The molecule has 0 spiro atoms. The number of aliphatic hydroxyl groups excluding tert-OH is 1. The fourth-order valence-electron chi connectivity index (χ4n) is 5.02. The number of nitro benzene ring substituents is 1. The maximum absolute atomic E-state index is 13.2. The maximum atomic E-state index is 13.2. The Labute approximate surface area is 226 Å². The summed E-state index contributed by atoms with van der Waals surface area (Å²) in [6.45, 7) is 1.33. The van der Waals surface area contributed by atoms with E-state index in [0.29, 0.717) is 31.7 Å². The van der Waals surface area contributed by atoms with Crippen LogP contribution in [-0.4, -0.2) is 72.7 Å². The first-order valence-electron chi connectivity index (χ1n) is 12.8. The largest absolute Gasteiger partial charge is 0.507 e. The molecule has 1 unspecified atom stereocenters. The average molecular weight is 558 g/mol. The minimum Gasteiger partial charge on any atom is -0.507 e. The predicted octanol–water partition coefficient (Wildman–Crippen LogP) is 3.62. The van der Waals surface area contributed by atoms with Gasteiger partial charge in [-0.3, -0.25) is 19.7 Å². The summed E-state index contributed by atoms with van der Waals surface area (Å²) in [5.41, 5.74) is -0.00282. The number of likely N-dealkylation sites (tertiary alicyclic amines) is 1. The fourth-order valence-corrected chi connectivity index (χ4v) is 6.53. The van der Waals surface area contributed by atoms with Gasteiger partial charge in [-0.15, -0.1) is 0 Å². The second kappa shape index (κ2) is 12.1. The summed E-state index contributed by atoms with van der Waals surface area (Å²) in [6.07, 6.45) is 3.94. The van der Waals surface area contributed by atoms with Crippen molar-refractivity contribution >= 4 is 33.2 Å². The summed E-state index contributed by atoms with van der Waals surface area (Å²) >= 11 is 0. The maximum Gasteiger partial charge on any atom is 0.295 e. The summed E-state index contributed by atoms with van der Waals surface area (Å²) in [6, 6.07) is 10.0. The van der Waals surface area contributed by atoms with Crippen LogP contribution in [0.2, 0.25) is 0 Å². The van der Waals surface area contributed by atoms with E-state index >= 15 is 0 Å². The summed E-state index contributed by atoms with van der Waals surface area (Å²) in [4.78, 5) is 38.3. The molecule has 0 bridgehead atoms. The molecule has 1 amide bonds. The third kappa shape index (κ3) is 5.87. The zero-order valence-electron chi connectivity index (χ0n) is 21.6. The molecular weight excluding hydrogens is 526 g/mol. The zero-order valence-corrected chi connectivity index (χ0v) is 22.4. The molecule has 2 aliphatic rings. The Balaban J connectivity index is 1.74. The van der Waals surface area contributed by atoms with E-state index in [1.807, 2.05) is 0 Å². The van der Waals surface area contributed by atoms with Gasteiger partial charge in [-0.1, -0.05) is 25.0 Å². The van der Waals surface area contributed by atoms with Crippen LogP contribution in [-0.2, 0) is 24.3 Å². The molecule has 0 aliphatic carbocycles. The first kappa shape index (κ1) is 28.4. The van der Waals surface area contributed by atoms with Crippen molar-refractivity contribution in [2.24, 2.45) is 0 Å². The number of benzene rings is 2. The van der Waals surface area contributed by atoms with Crippen molar-refractivity contribution in [3.05, 3.63) is 75.3 Å². The van der Waals surface area contributed by atoms with Crippen molar-refractivity contribution in [1.82, 2.24) is 9.21 Å². The second-order valence-corrected chi connectivity index (χ2v) is 11.5. The van der Waals surface area contributed by atoms with Crippen molar-refractivity contribution in [1.29, 1.82) is 0 Å². The summed E-state index contributed by atoms with van der Waals surface area (Å²) in [5, 5.41) is 22.6. The number of non-ortho nitro benzene ring substituents is 1. The number of Topliss-reactive ketones (excluding diaryl/α,β-unsaturated/α-hetero) is 1. The molecule has 11 nitrogen and oxygen atoms in total. The highest BCUT2D eigenvalue weighted by atomic mass is 32.2. The van der Waals surface area contributed by atoms with Crippen molar-refractivity contribution in [3.8, 4) is 0 Å². The molecule has 12 heteroatoms. The highest BCUT2D eigenvalue weighted by molar-refractivity contribution is 7.89. The number of carbonyl (C=O) groups excluding carboxylic acids is 2. The lowest BCUT2D eigenvalue weighted by Crippen LogP contribution is -2.31. The minimum atomic E-state index is -3.72. The van der Waals surface area contributed by atoms with Gasteiger partial charge < -0.3 is 14.7 Å². The number of hydrogen-bond donors (Lipinski definition) is 1. The topological polar surface area (TPSA) is 147 Å². The number of sulfonamides is 1. The first-order chi connectivity index (χ1) is 18.7. The minimum absolute atomic E-state index is 0.0659. The summed E-state index contributed by atoms with van der Waals surface area (Å²) in [5.74, 6) is -2.26. The van der Waals surface area contributed by atoms with Gasteiger partial charge in [0.25, 0.3) is 17.4 Å². The van der Waals surface area contributed by atoms with Crippen LogP contribution in [0.3, 0.4) is 0 Å². The Kier molecular flexibility index (Phi) is 8.78. The highest BCUT2D eigenvalue weighted by Gasteiger charge is 2.46. The monoisotopic (exact) mass is 557 g/mol. The third-order valence-corrected chi connectivity index (χ3v) is 8.93. The molecular formula is C27H31N3O8S. The molecule has 2 aliphatic heterocycles. The highest BCUT2D eigenvalue weighted by Crippen LogP contribution is 2.40. The fraction of sp³-hybridized carbons (Fsp3) is 0.407. The molecule has 39 heavy (non-hydrogen) atoms. The Morgan fingerprint density at radius 1 is 1.08 bits per heavy atom. The van der Waals surface area contributed by atoms with Gasteiger partial charge in [0.1, 0.15) is 5.76 Å². The van der Waals surface area contributed by atoms with Crippen LogP contribution in [0.1, 0.15) is 49.3 Å². The Bertz CT molecular complexity index is 1380. The van der Waals surface area contributed by atoms with E-state index in [0.717, 1.165) is 25.7 Å². The van der Waals surface area contributed by atoms with E-state index in [1.54, 1.807) is 6.07 Å². The molecule has 2 saturated heterocycles. The van der Waals surface area contributed by atoms with Gasteiger partial charge >= 0.3 is 0 Å². The number of hydrogen-bond acceptors (Lipinski definition) is 8. The SMILES string of the molecule is COCCCN1C(=O)C(=O)C(=C(O)c2ccc(S(=O)(=O)N3CCCCCC3)cc2)C1c1cccc([N+](=O)[O-])c1. The van der Waals surface area contributed by atoms with E-state index in [2.05, 4.69) is 0 Å². The number of ether oxygens (including phenoxy) is 1. The van der Waals surface area contributed by atoms with Gasteiger partial charge in [0, 0.05) is 51.0 Å². The summed E-state index contributed by atoms with van der Waals surface area (Å²) < 4.78 is 32.8. The second-order valence-electron chi connectivity index (χ2n) is 9.53. The molecule has 0 aromatic heterocycles. The van der Waals surface area contributed by atoms with E-state index in [4.69, 9.17) is 4.74 Å². The number of amides is 1. The lowest BCUT2D eigenvalue weighted by molar-refractivity contribution is -0.384. The van der Waals surface area contributed by atoms with E-state index in [1.165, 1.54) is 58.8 Å². The van der Waals surface area contributed by atoms with Crippen LogP contribution in [0.15, 0.2) is 59.0 Å². The quantitative estimate of drug-likeness (QED) is 0.123. The Morgan fingerprint density at radius 3 is 2.36 bits per heavy atom. The molecule has 2 heterocycles. The lowest BCUT2D eigenvalue weighted by Gasteiger charge is -2.25. The third-order valence-electron chi connectivity index (χ3n) is 7.01. The average Bonchev–Trinajstić information content (AvgIpc) is 3.11. The zero-order chi connectivity index (χ0) is 28.2. The molecule has 0 saturated carbocycles. The number of rotatable bonds is 9. The van der Waals surface area contributed by atoms with Crippen LogP contribution in [0.5, 0.6) is 0 Å². The lowest BCUT2D eigenvalue weighted by atomic mass is 9.95. The molecule has 2 aromatic carbocycles. The molecule has 1 atom stereocenters.